The molecule has 0 saturated carbocycles. The first-order valence-electron chi connectivity index (χ1n) is 7.83. The van der Waals surface area contributed by atoms with E-state index in [0.29, 0.717) is 12.3 Å². The fourth-order valence-electron chi connectivity index (χ4n) is 2.38. The highest BCUT2D eigenvalue weighted by atomic mass is 32.2. The van der Waals surface area contributed by atoms with E-state index in [0.717, 1.165) is 5.69 Å². The molecule has 0 aliphatic heterocycles. The fraction of sp³-hybridized carbons (Fsp3) is 0.111. The van der Waals surface area contributed by atoms with Crippen LogP contribution in [0.15, 0.2) is 65.8 Å². The zero-order valence-electron chi connectivity index (χ0n) is 14.0. The molecule has 2 aromatic carbocycles. The lowest BCUT2D eigenvalue weighted by Crippen LogP contribution is -2.15. The van der Waals surface area contributed by atoms with Gasteiger partial charge in [-0.25, -0.2) is 13.1 Å². The molecule has 26 heavy (non-hydrogen) atoms. The van der Waals surface area contributed by atoms with Crippen molar-refractivity contribution in [2.75, 3.05) is 11.3 Å². The zero-order valence-corrected chi connectivity index (χ0v) is 14.8. The topological polar surface area (TPSA) is 97.0 Å². The smallest absolute Gasteiger partial charge is 0.265 e. The second-order valence-corrected chi connectivity index (χ2v) is 6.96. The number of benzene rings is 2. The van der Waals surface area contributed by atoms with Gasteiger partial charge in [-0.2, -0.15) is 10.4 Å². The van der Waals surface area contributed by atoms with Crippen molar-refractivity contribution in [3.63, 3.8) is 0 Å². The molecular formula is C18H16N4O3S. The maximum Gasteiger partial charge on any atom is 0.265 e. The highest BCUT2D eigenvalue weighted by molar-refractivity contribution is 7.92. The molecule has 0 aliphatic carbocycles. The maximum atomic E-state index is 12.8. The van der Waals surface area contributed by atoms with Crippen molar-refractivity contribution < 1.29 is 13.2 Å². The Hall–Kier alpha value is -3.31. The van der Waals surface area contributed by atoms with Gasteiger partial charge in [0.25, 0.3) is 10.0 Å². The number of aromatic nitrogens is 2. The highest BCUT2D eigenvalue weighted by Gasteiger charge is 2.21. The van der Waals surface area contributed by atoms with Gasteiger partial charge in [-0.3, -0.25) is 4.72 Å². The third kappa shape index (κ3) is 3.68. The van der Waals surface area contributed by atoms with E-state index in [1.54, 1.807) is 54.3 Å². The molecule has 3 aromatic rings. The van der Waals surface area contributed by atoms with Crippen LogP contribution in [0.3, 0.4) is 0 Å². The molecule has 0 amide bonds. The van der Waals surface area contributed by atoms with Gasteiger partial charge in [0.1, 0.15) is 10.6 Å². The van der Waals surface area contributed by atoms with Gasteiger partial charge in [-0.15, -0.1) is 0 Å². The van der Waals surface area contributed by atoms with E-state index in [1.807, 2.05) is 6.07 Å². The van der Waals surface area contributed by atoms with E-state index < -0.39 is 10.0 Å². The summed E-state index contributed by atoms with van der Waals surface area (Å²) in [4.78, 5) is -0.0745. The molecular weight excluding hydrogens is 352 g/mol. The van der Waals surface area contributed by atoms with Gasteiger partial charge >= 0.3 is 0 Å². The Balaban J connectivity index is 1.90. The fourth-order valence-corrected chi connectivity index (χ4v) is 3.61. The Bertz CT molecular complexity index is 1040. The minimum atomic E-state index is -3.91. The van der Waals surface area contributed by atoms with E-state index >= 15 is 0 Å². The molecule has 0 saturated heterocycles. The second-order valence-electron chi connectivity index (χ2n) is 5.31. The second kappa shape index (κ2) is 7.29. The summed E-state index contributed by atoms with van der Waals surface area (Å²) >= 11 is 0. The standard InChI is InChI=1S/C18H16N4O3S/c1-2-25-17-9-4-14(13-19)12-18(17)26(23,24)21-15-5-7-16(8-6-15)22-11-3-10-20-22/h3-12,21H,2H2,1H3. The van der Waals surface area contributed by atoms with Crippen LogP contribution in [0, 0.1) is 11.3 Å². The number of hydrogen-bond acceptors (Lipinski definition) is 5. The van der Waals surface area contributed by atoms with Crippen molar-refractivity contribution in [1.29, 1.82) is 5.26 Å². The Morgan fingerprint density at radius 3 is 2.62 bits per heavy atom. The van der Waals surface area contributed by atoms with Gasteiger partial charge in [0, 0.05) is 18.1 Å². The molecule has 0 fully saturated rings. The average Bonchev–Trinajstić information content (AvgIpc) is 3.17. The minimum absolute atomic E-state index is 0.0745. The Kier molecular flexibility index (Phi) is 4.91. The first-order chi connectivity index (χ1) is 12.5. The quantitative estimate of drug-likeness (QED) is 0.721. The van der Waals surface area contributed by atoms with Gasteiger partial charge in [0.05, 0.1) is 23.9 Å². The Morgan fingerprint density at radius 2 is 2.00 bits per heavy atom. The van der Waals surface area contributed by atoms with Crippen molar-refractivity contribution >= 4 is 15.7 Å². The maximum absolute atomic E-state index is 12.8. The van der Waals surface area contributed by atoms with E-state index in [-0.39, 0.29) is 16.2 Å². The van der Waals surface area contributed by atoms with E-state index in [1.165, 1.54) is 18.2 Å². The van der Waals surface area contributed by atoms with Gasteiger partial charge < -0.3 is 4.74 Å². The van der Waals surface area contributed by atoms with E-state index in [4.69, 9.17) is 10.00 Å². The summed E-state index contributed by atoms with van der Waals surface area (Å²) in [5, 5.41) is 13.2. The number of sulfonamides is 1. The number of nitrogens with zero attached hydrogens (tertiary/aromatic N) is 3. The van der Waals surface area contributed by atoms with Crippen molar-refractivity contribution in [2.24, 2.45) is 0 Å². The summed E-state index contributed by atoms with van der Waals surface area (Å²) in [7, 11) is -3.91. The van der Waals surface area contributed by atoms with E-state index in [2.05, 4.69) is 9.82 Å². The highest BCUT2D eigenvalue weighted by Crippen LogP contribution is 2.27. The van der Waals surface area contributed by atoms with E-state index in [9.17, 15) is 8.42 Å². The van der Waals surface area contributed by atoms with Crippen LogP contribution in [0.5, 0.6) is 5.75 Å². The Morgan fingerprint density at radius 1 is 1.23 bits per heavy atom. The van der Waals surface area contributed by atoms with Crippen LogP contribution >= 0.6 is 0 Å². The summed E-state index contributed by atoms with van der Waals surface area (Å²) in [5.74, 6) is 0.201. The molecule has 0 aliphatic rings. The molecule has 0 bridgehead atoms. The van der Waals surface area contributed by atoms with Crippen molar-refractivity contribution in [3.05, 3.63) is 66.5 Å². The Labute approximate surface area is 151 Å². The zero-order chi connectivity index (χ0) is 18.6. The first kappa shape index (κ1) is 17.5. The van der Waals surface area contributed by atoms with Crippen molar-refractivity contribution in [2.45, 2.75) is 11.8 Å². The molecule has 0 spiro atoms. The summed E-state index contributed by atoms with van der Waals surface area (Å²) in [6.45, 7) is 2.07. The number of nitrogens with one attached hydrogen (secondary N) is 1. The minimum Gasteiger partial charge on any atom is -0.492 e. The average molecular weight is 368 g/mol. The monoisotopic (exact) mass is 368 g/mol. The predicted molar refractivity (Wildman–Crippen MR) is 96.7 cm³/mol. The number of ether oxygens (including phenoxy) is 1. The molecule has 1 aromatic heterocycles. The molecule has 1 N–H and O–H groups in total. The van der Waals surface area contributed by atoms with Gasteiger partial charge in [-0.1, -0.05) is 0 Å². The molecule has 3 rings (SSSR count). The summed E-state index contributed by atoms with van der Waals surface area (Å²) in [6.07, 6.45) is 3.45. The largest absolute Gasteiger partial charge is 0.492 e. The SMILES string of the molecule is CCOc1ccc(C#N)cc1S(=O)(=O)Nc1ccc(-n2cccn2)cc1. The normalized spacial score (nSPS) is 10.9. The lowest BCUT2D eigenvalue weighted by molar-refractivity contribution is 0.331. The lowest BCUT2D eigenvalue weighted by Gasteiger charge is -2.13. The molecule has 7 nitrogen and oxygen atoms in total. The lowest BCUT2D eigenvalue weighted by atomic mass is 10.2. The van der Waals surface area contributed by atoms with Crippen LogP contribution in [0.2, 0.25) is 0 Å². The number of nitriles is 1. The molecule has 8 heteroatoms. The van der Waals surface area contributed by atoms with Crippen LogP contribution in [-0.2, 0) is 10.0 Å². The molecule has 0 atom stereocenters. The van der Waals surface area contributed by atoms with Crippen LogP contribution < -0.4 is 9.46 Å². The third-order valence-electron chi connectivity index (χ3n) is 3.55. The third-order valence-corrected chi connectivity index (χ3v) is 4.95. The number of rotatable bonds is 6. The van der Waals surface area contributed by atoms with Crippen LogP contribution in [0.25, 0.3) is 5.69 Å². The predicted octanol–water partition coefficient (Wildman–Crippen LogP) is 2.94. The first-order valence-corrected chi connectivity index (χ1v) is 9.31. The number of hydrogen-bond donors (Lipinski definition) is 1. The van der Waals surface area contributed by atoms with Crippen LogP contribution in [0.1, 0.15) is 12.5 Å². The van der Waals surface area contributed by atoms with Gasteiger partial charge in [-0.05, 0) is 55.5 Å². The van der Waals surface area contributed by atoms with Crippen LogP contribution in [0.4, 0.5) is 5.69 Å². The van der Waals surface area contributed by atoms with Crippen LogP contribution in [-0.4, -0.2) is 24.8 Å². The molecule has 132 valence electrons. The summed E-state index contributed by atoms with van der Waals surface area (Å²) in [6, 6.07) is 14.8. The molecule has 1 heterocycles. The van der Waals surface area contributed by atoms with Crippen molar-refractivity contribution in [1.82, 2.24) is 9.78 Å². The van der Waals surface area contributed by atoms with Crippen molar-refractivity contribution in [3.8, 4) is 17.5 Å². The van der Waals surface area contributed by atoms with Gasteiger partial charge in [0.2, 0.25) is 0 Å². The summed E-state index contributed by atoms with van der Waals surface area (Å²) in [5.41, 5.74) is 1.44. The molecule has 0 unspecified atom stereocenters. The number of anilines is 1. The molecule has 0 radical (unpaired) electrons. The summed E-state index contributed by atoms with van der Waals surface area (Å²) < 4.78 is 35.1. The van der Waals surface area contributed by atoms with Gasteiger partial charge in [0.15, 0.2) is 0 Å².